The number of aliphatic hydroxyl groups excluding tert-OH is 1. The minimum atomic E-state index is -4.40. The van der Waals surface area contributed by atoms with Crippen LogP contribution in [0, 0.1) is 0 Å². The second-order valence-electron chi connectivity index (χ2n) is 5.59. The van der Waals surface area contributed by atoms with Crippen molar-refractivity contribution in [3.8, 4) is 11.6 Å². The quantitative estimate of drug-likeness (QED) is 0.647. The molecular weight excluding hydrogens is 383 g/mol. The Morgan fingerprint density at radius 1 is 1.15 bits per heavy atom. The maximum atomic E-state index is 12.6. The van der Waals surface area contributed by atoms with Gasteiger partial charge in [-0.1, -0.05) is 0 Å². The number of halogens is 3. The van der Waals surface area contributed by atoms with Crippen molar-refractivity contribution < 1.29 is 23.4 Å². The number of imidazole rings is 1. The molecule has 2 N–H and O–H groups in total. The molecule has 2 aromatic heterocycles. The highest BCUT2D eigenvalue weighted by Crippen LogP contribution is 2.37. The third kappa shape index (κ3) is 4.52. The Balaban J connectivity index is 1.88. The van der Waals surface area contributed by atoms with Gasteiger partial charge in [0.05, 0.1) is 30.7 Å². The van der Waals surface area contributed by atoms with Crippen molar-refractivity contribution in [2.75, 3.05) is 0 Å². The average molecular weight is 397 g/mol. The second kappa shape index (κ2) is 7.49. The van der Waals surface area contributed by atoms with Gasteiger partial charge in [0.15, 0.2) is 0 Å². The molecule has 2 heterocycles. The molecular formula is C17H14F3N3O3S. The maximum absolute atomic E-state index is 12.6. The highest BCUT2D eigenvalue weighted by molar-refractivity contribution is 8.00. The van der Waals surface area contributed by atoms with Gasteiger partial charge in [0.2, 0.25) is 5.88 Å². The molecule has 0 radical (unpaired) electrons. The summed E-state index contributed by atoms with van der Waals surface area (Å²) < 4.78 is 39.5. The predicted molar refractivity (Wildman–Crippen MR) is 92.9 cm³/mol. The summed E-state index contributed by atoms with van der Waals surface area (Å²) in [7, 11) is 0. The van der Waals surface area contributed by atoms with Crippen molar-refractivity contribution >= 4 is 11.8 Å². The van der Waals surface area contributed by atoms with E-state index in [9.17, 15) is 23.1 Å². The van der Waals surface area contributed by atoms with Gasteiger partial charge in [-0.05, 0) is 53.7 Å². The number of hydrogen-bond acceptors (Lipinski definition) is 5. The van der Waals surface area contributed by atoms with Crippen LogP contribution in [0.5, 0.6) is 5.88 Å². The summed E-state index contributed by atoms with van der Waals surface area (Å²) in [5, 5.41) is 19.2. The van der Waals surface area contributed by atoms with Crippen LogP contribution in [-0.4, -0.2) is 29.8 Å². The summed E-state index contributed by atoms with van der Waals surface area (Å²) in [4.78, 5) is 16.5. The lowest BCUT2D eigenvalue weighted by molar-refractivity contribution is -0.0328. The van der Waals surface area contributed by atoms with Crippen LogP contribution in [-0.2, 0) is 13.2 Å². The molecule has 3 aromatic rings. The number of rotatable bonds is 5. The zero-order valence-corrected chi connectivity index (χ0v) is 14.5. The van der Waals surface area contributed by atoms with Crippen LogP contribution in [0.3, 0.4) is 0 Å². The van der Waals surface area contributed by atoms with Gasteiger partial charge in [-0.2, -0.15) is 13.2 Å². The topological polar surface area (TPSA) is 80.3 Å². The fourth-order valence-electron chi connectivity index (χ4n) is 2.54. The van der Waals surface area contributed by atoms with Crippen LogP contribution in [0.25, 0.3) is 5.69 Å². The maximum Gasteiger partial charge on any atom is 0.446 e. The van der Waals surface area contributed by atoms with E-state index < -0.39 is 11.2 Å². The number of aromatic nitrogens is 3. The SMILES string of the molecule is O=c1n(Cc2ccnc(CO)c2)cc(O)n1-c1ccc(SC(F)(F)F)cc1. The molecule has 0 amide bonds. The van der Waals surface area contributed by atoms with Gasteiger partial charge in [-0.3, -0.25) is 9.55 Å². The summed E-state index contributed by atoms with van der Waals surface area (Å²) in [6.45, 7) is -0.103. The largest absolute Gasteiger partial charge is 0.493 e. The number of pyridine rings is 1. The molecule has 6 nitrogen and oxygen atoms in total. The summed E-state index contributed by atoms with van der Waals surface area (Å²) in [6.07, 6.45) is 2.74. The molecule has 0 saturated heterocycles. The summed E-state index contributed by atoms with van der Waals surface area (Å²) >= 11 is -0.258. The molecule has 1 aromatic carbocycles. The first-order valence-corrected chi connectivity index (χ1v) is 8.50. The molecule has 0 spiro atoms. The van der Waals surface area contributed by atoms with Gasteiger partial charge in [0.1, 0.15) is 0 Å². The van der Waals surface area contributed by atoms with Crippen molar-refractivity contribution in [2.45, 2.75) is 23.6 Å². The summed E-state index contributed by atoms with van der Waals surface area (Å²) in [6, 6.07) is 8.42. The average Bonchev–Trinajstić information content (AvgIpc) is 2.88. The van der Waals surface area contributed by atoms with Crippen LogP contribution >= 0.6 is 11.8 Å². The van der Waals surface area contributed by atoms with Gasteiger partial charge in [0, 0.05) is 11.1 Å². The molecule has 0 fully saturated rings. The van der Waals surface area contributed by atoms with Crippen molar-refractivity contribution in [3.63, 3.8) is 0 Å². The van der Waals surface area contributed by atoms with Gasteiger partial charge in [-0.25, -0.2) is 9.36 Å². The number of aromatic hydroxyl groups is 1. The first-order valence-electron chi connectivity index (χ1n) is 7.69. The fourth-order valence-corrected chi connectivity index (χ4v) is 3.08. The van der Waals surface area contributed by atoms with E-state index in [1.165, 1.54) is 41.2 Å². The number of hydrogen-bond donors (Lipinski definition) is 2. The van der Waals surface area contributed by atoms with E-state index in [0.29, 0.717) is 11.3 Å². The lowest BCUT2D eigenvalue weighted by atomic mass is 10.2. The van der Waals surface area contributed by atoms with Crippen molar-refractivity contribution in [3.05, 3.63) is 70.5 Å². The molecule has 142 valence electrons. The normalized spacial score (nSPS) is 11.7. The number of thioether (sulfide) groups is 1. The van der Waals surface area contributed by atoms with Crippen LogP contribution < -0.4 is 5.69 Å². The summed E-state index contributed by atoms with van der Waals surface area (Å²) in [5.74, 6) is -0.340. The smallest absolute Gasteiger partial charge is 0.446 e. The zero-order valence-electron chi connectivity index (χ0n) is 13.7. The lowest BCUT2D eigenvalue weighted by Crippen LogP contribution is -2.23. The van der Waals surface area contributed by atoms with E-state index in [1.807, 2.05) is 0 Å². The lowest BCUT2D eigenvalue weighted by Gasteiger charge is -2.07. The Hall–Kier alpha value is -2.72. The molecule has 0 aliphatic rings. The van der Waals surface area contributed by atoms with E-state index in [1.54, 1.807) is 12.1 Å². The molecule has 0 aliphatic heterocycles. The number of nitrogens with zero attached hydrogens (tertiary/aromatic N) is 3. The van der Waals surface area contributed by atoms with E-state index in [0.717, 1.165) is 4.57 Å². The zero-order chi connectivity index (χ0) is 19.6. The van der Waals surface area contributed by atoms with Crippen LogP contribution in [0.2, 0.25) is 0 Å². The van der Waals surface area contributed by atoms with Crippen LogP contribution in [0.4, 0.5) is 13.2 Å². The van der Waals surface area contributed by atoms with Crippen LogP contribution in [0.1, 0.15) is 11.3 Å². The Labute approximate surface area is 155 Å². The van der Waals surface area contributed by atoms with Gasteiger partial charge in [0.25, 0.3) is 0 Å². The third-order valence-corrected chi connectivity index (χ3v) is 4.40. The third-order valence-electron chi connectivity index (χ3n) is 3.66. The summed E-state index contributed by atoms with van der Waals surface area (Å²) in [5.41, 5.74) is -3.56. The molecule has 0 saturated carbocycles. The fraction of sp³-hybridized carbons (Fsp3) is 0.176. The van der Waals surface area contributed by atoms with Crippen molar-refractivity contribution in [1.29, 1.82) is 0 Å². The molecule has 0 aliphatic carbocycles. The van der Waals surface area contributed by atoms with E-state index in [-0.39, 0.29) is 41.4 Å². The van der Waals surface area contributed by atoms with Gasteiger partial charge in [-0.15, -0.1) is 0 Å². The van der Waals surface area contributed by atoms with Gasteiger partial charge < -0.3 is 10.2 Å². The molecule has 0 unspecified atom stereocenters. The van der Waals surface area contributed by atoms with Gasteiger partial charge >= 0.3 is 11.2 Å². The number of alkyl halides is 3. The highest BCUT2D eigenvalue weighted by atomic mass is 32.2. The van der Waals surface area contributed by atoms with Crippen molar-refractivity contribution in [2.24, 2.45) is 0 Å². The highest BCUT2D eigenvalue weighted by Gasteiger charge is 2.29. The van der Waals surface area contributed by atoms with E-state index >= 15 is 0 Å². The predicted octanol–water partition coefficient (Wildman–Crippen LogP) is 2.89. The van der Waals surface area contributed by atoms with E-state index in [4.69, 9.17) is 5.11 Å². The Kier molecular flexibility index (Phi) is 5.29. The molecule has 3 rings (SSSR count). The molecule has 0 bridgehead atoms. The Morgan fingerprint density at radius 2 is 1.85 bits per heavy atom. The standard InChI is InChI=1S/C17H14F3N3O3S/c18-17(19,20)27-14-3-1-13(2-4-14)23-15(25)9-22(16(23)26)8-11-5-6-21-12(7-11)10-24/h1-7,9,24-25H,8,10H2. The Morgan fingerprint density at radius 3 is 2.48 bits per heavy atom. The van der Waals surface area contributed by atoms with Crippen LogP contribution in [0.15, 0.2) is 58.5 Å². The Bertz CT molecular complexity index is 997. The number of aliphatic hydroxyl groups is 1. The first-order chi connectivity index (χ1) is 12.8. The minimum Gasteiger partial charge on any atom is -0.493 e. The minimum absolute atomic E-state index is 0.0217. The number of benzene rings is 1. The molecule has 27 heavy (non-hydrogen) atoms. The monoisotopic (exact) mass is 397 g/mol. The molecule has 0 atom stereocenters. The first kappa shape index (κ1) is 19.1. The second-order valence-corrected chi connectivity index (χ2v) is 6.73. The van der Waals surface area contributed by atoms with E-state index in [2.05, 4.69) is 4.98 Å². The van der Waals surface area contributed by atoms with Crippen molar-refractivity contribution in [1.82, 2.24) is 14.1 Å². The molecule has 10 heteroatoms.